The van der Waals surface area contributed by atoms with Crippen molar-refractivity contribution in [3.63, 3.8) is 0 Å². The van der Waals surface area contributed by atoms with Gasteiger partial charge in [-0.15, -0.1) is 11.8 Å². The van der Waals surface area contributed by atoms with Crippen molar-refractivity contribution >= 4 is 33.6 Å². The Morgan fingerprint density at radius 3 is 2.58 bits per heavy atom. The number of sulfonamides is 1. The lowest BCUT2D eigenvalue weighted by Crippen LogP contribution is -2.33. The molecule has 10 heteroatoms. The largest absolute Gasteiger partial charge is 0.381 e. The molecule has 180 valence electrons. The van der Waals surface area contributed by atoms with E-state index in [1.807, 2.05) is 0 Å². The van der Waals surface area contributed by atoms with E-state index in [4.69, 9.17) is 4.74 Å². The van der Waals surface area contributed by atoms with Crippen LogP contribution < -0.4 is 10.6 Å². The molecule has 0 radical (unpaired) electrons. The van der Waals surface area contributed by atoms with Gasteiger partial charge in [-0.3, -0.25) is 9.59 Å². The van der Waals surface area contributed by atoms with E-state index in [9.17, 15) is 18.0 Å². The molecule has 3 fully saturated rings. The van der Waals surface area contributed by atoms with Crippen LogP contribution in [0.3, 0.4) is 0 Å². The minimum atomic E-state index is -3.63. The summed E-state index contributed by atoms with van der Waals surface area (Å²) in [6, 6.07) is 6.17. The summed E-state index contributed by atoms with van der Waals surface area (Å²) in [4.78, 5) is 24.1. The number of thioether (sulfide) groups is 1. The van der Waals surface area contributed by atoms with E-state index in [2.05, 4.69) is 17.2 Å². The van der Waals surface area contributed by atoms with E-state index in [1.54, 1.807) is 23.9 Å². The Morgan fingerprint density at radius 2 is 1.91 bits per heavy atom. The number of hydrogen-bond donors (Lipinski definition) is 2. The summed E-state index contributed by atoms with van der Waals surface area (Å²) in [5.74, 6) is 0.397. The van der Waals surface area contributed by atoms with E-state index in [-0.39, 0.29) is 33.3 Å². The molecular formula is C23H31N3O5S2. The van der Waals surface area contributed by atoms with Gasteiger partial charge in [-0.25, -0.2) is 8.42 Å². The third-order valence-electron chi connectivity index (χ3n) is 6.63. The van der Waals surface area contributed by atoms with Crippen LogP contribution in [-0.2, 0) is 19.6 Å². The summed E-state index contributed by atoms with van der Waals surface area (Å²) < 4.78 is 33.1. The molecule has 0 spiro atoms. The number of amides is 2. The van der Waals surface area contributed by atoms with Crippen LogP contribution in [0.4, 0.5) is 0 Å². The number of rotatable bonds is 8. The zero-order chi connectivity index (χ0) is 23.4. The van der Waals surface area contributed by atoms with Crippen molar-refractivity contribution in [1.82, 2.24) is 14.9 Å². The maximum atomic E-state index is 13.1. The van der Waals surface area contributed by atoms with Crippen LogP contribution in [0.5, 0.6) is 0 Å². The van der Waals surface area contributed by atoms with Gasteiger partial charge < -0.3 is 15.4 Å². The molecule has 4 rings (SSSR count). The Labute approximate surface area is 199 Å². The van der Waals surface area contributed by atoms with Crippen LogP contribution in [-0.4, -0.2) is 68.0 Å². The number of nitrogens with zero attached hydrogens (tertiary/aromatic N) is 1. The number of nitrogens with one attached hydrogen (secondary N) is 2. The van der Waals surface area contributed by atoms with Gasteiger partial charge in [0.2, 0.25) is 15.9 Å². The molecule has 2 amide bonds. The quantitative estimate of drug-likeness (QED) is 0.537. The summed E-state index contributed by atoms with van der Waals surface area (Å²) in [7, 11) is -3.63. The summed E-state index contributed by atoms with van der Waals surface area (Å²) >= 11 is 1.62. The van der Waals surface area contributed by atoms with Crippen molar-refractivity contribution in [3.8, 4) is 0 Å². The highest BCUT2D eigenvalue weighted by Gasteiger charge is 2.45. The highest BCUT2D eigenvalue weighted by Crippen LogP contribution is 2.43. The topological polar surface area (TPSA) is 105 Å². The lowest BCUT2D eigenvalue weighted by molar-refractivity contribution is -0.116. The van der Waals surface area contributed by atoms with Gasteiger partial charge in [0.25, 0.3) is 5.91 Å². The maximum Gasteiger partial charge on any atom is 0.251 e. The van der Waals surface area contributed by atoms with Crippen LogP contribution in [0.25, 0.3) is 0 Å². The SMILES string of the molecule is C=CC(=O)NC1CC2CN(S(=O)(=O)c3ccc(C(=O)NCCC4CCOCC4)cc3)CC2S1. The number of benzene rings is 1. The molecule has 3 aliphatic rings. The van der Waals surface area contributed by atoms with Crippen molar-refractivity contribution < 1.29 is 22.7 Å². The van der Waals surface area contributed by atoms with Gasteiger partial charge in [-0.2, -0.15) is 4.31 Å². The molecule has 8 nitrogen and oxygen atoms in total. The molecule has 0 bridgehead atoms. The third-order valence-corrected chi connectivity index (χ3v) is 9.99. The first-order chi connectivity index (χ1) is 15.9. The average Bonchev–Trinajstić information content (AvgIpc) is 3.39. The normalized spacial score (nSPS) is 26.0. The van der Waals surface area contributed by atoms with Crippen LogP contribution in [0.1, 0.15) is 36.0 Å². The molecule has 1 aromatic rings. The first-order valence-electron chi connectivity index (χ1n) is 11.4. The Hall–Kier alpha value is -1.88. The van der Waals surface area contributed by atoms with Crippen LogP contribution in [0.2, 0.25) is 0 Å². The van der Waals surface area contributed by atoms with Gasteiger partial charge in [0.05, 0.1) is 10.3 Å². The highest BCUT2D eigenvalue weighted by atomic mass is 32.2. The zero-order valence-electron chi connectivity index (χ0n) is 18.6. The van der Waals surface area contributed by atoms with E-state index >= 15 is 0 Å². The van der Waals surface area contributed by atoms with Gasteiger partial charge >= 0.3 is 0 Å². The third kappa shape index (κ3) is 5.79. The fraction of sp³-hybridized carbons (Fsp3) is 0.565. The zero-order valence-corrected chi connectivity index (χ0v) is 20.2. The van der Waals surface area contributed by atoms with Crippen molar-refractivity contribution in [2.75, 3.05) is 32.8 Å². The minimum Gasteiger partial charge on any atom is -0.381 e. The Balaban J connectivity index is 1.29. The molecule has 3 atom stereocenters. The van der Waals surface area contributed by atoms with Crippen molar-refractivity contribution in [3.05, 3.63) is 42.5 Å². The van der Waals surface area contributed by atoms with Crippen molar-refractivity contribution in [1.29, 1.82) is 0 Å². The number of carbonyl (C=O) groups excluding carboxylic acids is 2. The first kappa shape index (κ1) is 24.3. The average molecular weight is 494 g/mol. The molecule has 3 saturated heterocycles. The fourth-order valence-electron chi connectivity index (χ4n) is 4.69. The summed E-state index contributed by atoms with van der Waals surface area (Å²) in [5.41, 5.74) is 0.454. The predicted octanol–water partition coefficient (Wildman–Crippen LogP) is 1.99. The minimum absolute atomic E-state index is 0.000374. The van der Waals surface area contributed by atoms with Crippen molar-refractivity contribution in [2.24, 2.45) is 11.8 Å². The lowest BCUT2D eigenvalue weighted by atomic mass is 9.97. The molecule has 0 aliphatic carbocycles. The molecule has 3 aliphatic heterocycles. The monoisotopic (exact) mass is 493 g/mol. The van der Waals surface area contributed by atoms with E-state index in [1.165, 1.54) is 22.5 Å². The second kappa shape index (κ2) is 10.6. The number of ether oxygens (including phenoxy) is 1. The molecule has 0 saturated carbocycles. The molecular weight excluding hydrogens is 462 g/mol. The fourth-order valence-corrected chi connectivity index (χ4v) is 7.95. The van der Waals surface area contributed by atoms with Gasteiger partial charge in [0.15, 0.2) is 0 Å². The standard InChI is InChI=1S/C23H31N3O5S2/c1-2-21(27)25-22-13-18-14-26(15-20(18)32-22)33(29,30)19-5-3-17(4-6-19)23(28)24-10-7-16-8-11-31-12-9-16/h2-6,16,18,20,22H,1,7-15H2,(H,24,28)(H,25,27). The number of hydrogen-bond acceptors (Lipinski definition) is 6. The molecule has 3 heterocycles. The molecule has 2 N–H and O–H groups in total. The molecule has 3 unspecified atom stereocenters. The second-order valence-electron chi connectivity index (χ2n) is 8.82. The first-order valence-corrected chi connectivity index (χ1v) is 13.8. The Kier molecular flexibility index (Phi) is 7.78. The summed E-state index contributed by atoms with van der Waals surface area (Å²) in [5, 5.41) is 5.98. The van der Waals surface area contributed by atoms with E-state index in [0.717, 1.165) is 38.9 Å². The second-order valence-corrected chi connectivity index (χ2v) is 12.2. The van der Waals surface area contributed by atoms with Crippen LogP contribution >= 0.6 is 11.8 Å². The maximum absolute atomic E-state index is 13.1. The van der Waals surface area contributed by atoms with Crippen molar-refractivity contribution in [2.45, 2.75) is 41.2 Å². The smallest absolute Gasteiger partial charge is 0.251 e. The highest BCUT2D eigenvalue weighted by molar-refractivity contribution is 8.00. The van der Waals surface area contributed by atoms with Gasteiger partial charge in [-0.1, -0.05) is 6.58 Å². The number of fused-ring (bicyclic) bond motifs is 1. The van der Waals surface area contributed by atoms with E-state index < -0.39 is 10.0 Å². The van der Waals surface area contributed by atoms with Gasteiger partial charge in [0.1, 0.15) is 0 Å². The lowest BCUT2D eigenvalue weighted by Gasteiger charge is -2.21. The predicted molar refractivity (Wildman–Crippen MR) is 127 cm³/mol. The summed E-state index contributed by atoms with van der Waals surface area (Å²) in [6.07, 6.45) is 4.98. The summed E-state index contributed by atoms with van der Waals surface area (Å²) in [6.45, 7) is 6.51. The van der Waals surface area contributed by atoms with Crippen LogP contribution in [0, 0.1) is 11.8 Å². The Bertz CT molecular complexity index is 962. The van der Waals surface area contributed by atoms with Gasteiger partial charge in [-0.05, 0) is 67.9 Å². The van der Waals surface area contributed by atoms with E-state index in [0.29, 0.717) is 31.1 Å². The van der Waals surface area contributed by atoms with Crippen LogP contribution in [0.15, 0.2) is 41.8 Å². The Morgan fingerprint density at radius 1 is 1.18 bits per heavy atom. The molecule has 33 heavy (non-hydrogen) atoms. The molecule has 1 aromatic carbocycles. The van der Waals surface area contributed by atoms with Gasteiger partial charge in [0, 0.05) is 43.7 Å². The number of carbonyl (C=O) groups is 2. The molecule has 0 aromatic heterocycles.